The molecule has 6 heteroatoms. The van der Waals surface area contributed by atoms with Gasteiger partial charge in [-0.2, -0.15) is 0 Å². The molecule has 5 aromatic rings. The number of thiazole rings is 1. The van der Waals surface area contributed by atoms with Gasteiger partial charge < -0.3 is 10.1 Å². The maximum absolute atomic E-state index is 11.5. The summed E-state index contributed by atoms with van der Waals surface area (Å²) in [5, 5.41) is 15.5. The van der Waals surface area contributed by atoms with Crippen LogP contribution in [0.4, 0.5) is 0 Å². The summed E-state index contributed by atoms with van der Waals surface area (Å²) in [7, 11) is 0. The summed E-state index contributed by atoms with van der Waals surface area (Å²) in [6.45, 7) is 0. The van der Waals surface area contributed by atoms with Crippen LogP contribution < -0.4 is 0 Å². The summed E-state index contributed by atoms with van der Waals surface area (Å²) in [4.78, 5) is 16.9. The van der Waals surface area contributed by atoms with Crippen LogP contribution in [0.3, 0.4) is 0 Å². The number of hydrogen-bond acceptors (Lipinski definition) is 5. The van der Waals surface area contributed by atoms with Gasteiger partial charge in [0.15, 0.2) is 0 Å². The zero-order chi connectivity index (χ0) is 20.1. The Balaban J connectivity index is 1.40. The molecular weight excluding hydrogens is 392 g/mol. The van der Waals surface area contributed by atoms with Crippen molar-refractivity contribution in [3.05, 3.63) is 89.5 Å². The molecule has 0 fully saturated rings. The van der Waals surface area contributed by atoms with E-state index < -0.39 is 5.60 Å². The zero-order valence-corrected chi connectivity index (χ0v) is 16.9. The van der Waals surface area contributed by atoms with Crippen molar-refractivity contribution >= 4 is 22.2 Å². The number of nitrogens with one attached hydrogen (secondary N) is 1. The van der Waals surface area contributed by atoms with Crippen LogP contribution in [-0.2, 0) is 12.0 Å². The van der Waals surface area contributed by atoms with Gasteiger partial charge in [0, 0.05) is 52.2 Å². The van der Waals surface area contributed by atoms with Crippen molar-refractivity contribution in [1.82, 2.24) is 19.9 Å². The highest BCUT2D eigenvalue weighted by molar-refractivity contribution is 7.13. The first-order valence-corrected chi connectivity index (χ1v) is 10.7. The molecule has 4 heterocycles. The van der Waals surface area contributed by atoms with E-state index in [2.05, 4.69) is 20.3 Å². The van der Waals surface area contributed by atoms with Gasteiger partial charge in [0.25, 0.3) is 0 Å². The average molecular weight is 411 g/mol. The van der Waals surface area contributed by atoms with Crippen LogP contribution in [0.2, 0.25) is 0 Å². The van der Waals surface area contributed by atoms with Gasteiger partial charge in [-0.05, 0) is 42.2 Å². The molecule has 0 unspecified atom stereocenters. The normalized spacial score (nSPS) is 18.0. The number of fused-ring (bicyclic) bond motifs is 2. The SMILES string of the molecule is O[C@@]1(c2cccc(-c3nc(-c4c[nH]c5ccncc45)cs3)c2)CCc2cccnc21. The van der Waals surface area contributed by atoms with Crippen LogP contribution >= 0.6 is 11.3 Å². The Morgan fingerprint density at radius 1 is 1.10 bits per heavy atom. The molecule has 1 aromatic carbocycles. The lowest BCUT2D eigenvalue weighted by atomic mass is 9.90. The van der Waals surface area contributed by atoms with E-state index >= 15 is 0 Å². The van der Waals surface area contributed by atoms with E-state index in [0.29, 0.717) is 6.42 Å². The second-order valence-electron chi connectivity index (χ2n) is 7.61. The van der Waals surface area contributed by atoms with Gasteiger partial charge in [0.1, 0.15) is 10.6 Å². The number of rotatable bonds is 3. The van der Waals surface area contributed by atoms with Gasteiger partial charge in [0.2, 0.25) is 0 Å². The first-order valence-electron chi connectivity index (χ1n) is 9.87. The van der Waals surface area contributed by atoms with Gasteiger partial charge in [-0.3, -0.25) is 9.97 Å². The molecule has 0 bridgehead atoms. The summed E-state index contributed by atoms with van der Waals surface area (Å²) in [5.74, 6) is 0. The maximum Gasteiger partial charge on any atom is 0.132 e. The standard InChI is InChI=1S/C24H18N4OS/c29-24(8-6-15-4-2-9-26-22(15)24)17-5-1-3-16(11-17)23-28-21(14-30-23)19-13-27-20-7-10-25-12-18(19)20/h1-5,7,9-14,27,29H,6,8H2/t24-/m1/s1. The highest BCUT2D eigenvalue weighted by Crippen LogP contribution is 2.42. The third-order valence-corrected chi connectivity index (χ3v) is 6.78. The van der Waals surface area contributed by atoms with E-state index in [-0.39, 0.29) is 0 Å². The van der Waals surface area contributed by atoms with E-state index in [4.69, 9.17) is 4.98 Å². The molecule has 2 N–H and O–H groups in total. The molecule has 6 rings (SSSR count). The second kappa shape index (κ2) is 6.58. The summed E-state index contributed by atoms with van der Waals surface area (Å²) in [6.07, 6.45) is 8.85. The summed E-state index contributed by atoms with van der Waals surface area (Å²) in [6, 6.07) is 14.0. The maximum atomic E-state index is 11.5. The molecule has 0 amide bonds. The highest BCUT2D eigenvalue weighted by Gasteiger charge is 2.39. The molecule has 5 nitrogen and oxygen atoms in total. The smallest absolute Gasteiger partial charge is 0.132 e. The number of benzene rings is 1. The molecule has 0 radical (unpaired) electrons. The Morgan fingerprint density at radius 2 is 2.07 bits per heavy atom. The Kier molecular flexibility index (Phi) is 3.84. The van der Waals surface area contributed by atoms with Gasteiger partial charge in [-0.25, -0.2) is 4.98 Å². The fraction of sp³-hybridized carbons (Fsp3) is 0.125. The molecule has 1 atom stereocenters. The molecule has 0 aliphatic heterocycles. The summed E-state index contributed by atoms with van der Waals surface area (Å²) < 4.78 is 0. The molecule has 0 saturated heterocycles. The topological polar surface area (TPSA) is 74.7 Å². The van der Waals surface area contributed by atoms with E-state index in [1.807, 2.05) is 54.9 Å². The Labute approximate surface area is 177 Å². The minimum absolute atomic E-state index is 0.647. The van der Waals surface area contributed by atoms with E-state index in [1.165, 1.54) is 0 Å². The average Bonchev–Trinajstić information content (AvgIpc) is 3.52. The Hall–Kier alpha value is -3.35. The van der Waals surface area contributed by atoms with Crippen LogP contribution in [0.25, 0.3) is 32.7 Å². The van der Waals surface area contributed by atoms with Crippen molar-refractivity contribution in [2.24, 2.45) is 0 Å². The molecule has 4 aromatic heterocycles. The number of H-pyrrole nitrogens is 1. The van der Waals surface area contributed by atoms with Crippen LogP contribution in [0.1, 0.15) is 23.2 Å². The van der Waals surface area contributed by atoms with Crippen LogP contribution in [0.15, 0.2) is 72.6 Å². The fourth-order valence-electron chi connectivity index (χ4n) is 4.34. The molecule has 1 aliphatic rings. The van der Waals surface area contributed by atoms with Crippen molar-refractivity contribution in [3.63, 3.8) is 0 Å². The summed E-state index contributed by atoms with van der Waals surface area (Å²) >= 11 is 1.60. The number of hydrogen-bond donors (Lipinski definition) is 2. The van der Waals surface area contributed by atoms with Gasteiger partial charge in [-0.1, -0.05) is 24.3 Å². The van der Waals surface area contributed by atoms with E-state index in [0.717, 1.165) is 56.0 Å². The molecular formula is C24H18N4OS. The lowest BCUT2D eigenvalue weighted by molar-refractivity contribution is 0.0788. The van der Waals surface area contributed by atoms with Crippen molar-refractivity contribution < 1.29 is 5.11 Å². The van der Waals surface area contributed by atoms with Crippen molar-refractivity contribution in [2.45, 2.75) is 18.4 Å². The zero-order valence-electron chi connectivity index (χ0n) is 16.0. The number of nitrogens with zero attached hydrogens (tertiary/aromatic N) is 3. The fourth-order valence-corrected chi connectivity index (χ4v) is 5.16. The van der Waals surface area contributed by atoms with Crippen molar-refractivity contribution in [2.75, 3.05) is 0 Å². The lowest BCUT2D eigenvalue weighted by Crippen LogP contribution is -2.25. The van der Waals surface area contributed by atoms with Gasteiger partial charge in [0.05, 0.1) is 11.4 Å². The van der Waals surface area contributed by atoms with Crippen LogP contribution in [-0.4, -0.2) is 25.0 Å². The number of pyridine rings is 2. The number of aryl methyl sites for hydroxylation is 1. The molecule has 30 heavy (non-hydrogen) atoms. The lowest BCUT2D eigenvalue weighted by Gasteiger charge is -2.24. The minimum atomic E-state index is -1.05. The van der Waals surface area contributed by atoms with Crippen LogP contribution in [0.5, 0.6) is 0 Å². The molecule has 0 spiro atoms. The number of aromatic nitrogens is 4. The monoisotopic (exact) mass is 410 g/mol. The quantitative estimate of drug-likeness (QED) is 0.442. The van der Waals surface area contributed by atoms with Crippen molar-refractivity contribution in [1.29, 1.82) is 0 Å². The predicted molar refractivity (Wildman–Crippen MR) is 118 cm³/mol. The third kappa shape index (κ3) is 2.61. The first kappa shape index (κ1) is 17.5. The third-order valence-electron chi connectivity index (χ3n) is 5.89. The number of aromatic amines is 1. The molecule has 146 valence electrons. The number of aliphatic hydroxyl groups is 1. The van der Waals surface area contributed by atoms with Crippen LogP contribution in [0, 0.1) is 0 Å². The van der Waals surface area contributed by atoms with Gasteiger partial charge >= 0.3 is 0 Å². The Morgan fingerprint density at radius 3 is 3.03 bits per heavy atom. The minimum Gasteiger partial charge on any atom is -0.379 e. The Bertz CT molecular complexity index is 1390. The highest BCUT2D eigenvalue weighted by atomic mass is 32.1. The molecule has 0 saturated carbocycles. The van der Waals surface area contributed by atoms with E-state index in [9.17, 15) is 5.11 Å². The largest absolute Gasteiger partial charge is 0.379 e. The molecule has 1 aliphatic carbocycles. The van der Waals surface area contributed by atoms with Crippen molar-refractivity contribution in [3.8, 4) is 21.8 Å². The summed E-state index contributed by atoms with van der Waals surface area (Å²) in [5.41, 5.74) is 5.73. The van der Waals surface area contributed by atoms with Gasteiger partial charge in [-0.15, -0.1) is 11.3 Å². The second-order valence-corrected chi connectivity index (χ2v) is 8.47. The predicted octanol–water partition coefficient (Wildman–Crippen LogP) is 4.93. The van der Waals surface area contributed by atoms with E-state index in [1.54, 1.807) is 23.7 Å². The first-order chi connectivity index (χ1) is 14.7.